The maximum absolute atomic E-state index is 9.95. The van der Waals surface area contributed by atoms with Crippen molar-refractivity contribution >= 4 is 11.4 Å². The minimum absolute atomic E-state index is 0.452. The van der Waals surface area contributed by atoms with Crippen LogP contribution in [-0.2, 0) is 0 Å². The van der Waals surface area contributed by atoms with Gasteiger partial charge in [-0.25, -0.2) is 0 Å². The molecule has 0 aliphatic heterocycles. The van der Waals surface area contributed by atoms with E-state index in [1.165, 1.54) is 0 Å². The van der Waals surface area contributed by atoms with Gasteiger partial charge in [0.05, 0.1) is 6.10 Å². The molecule has 88 valence electrons. The normalized spacial score (nSPS) is 12.1. The van der Waals surface area contributed by atoms with Gasteiger partial charge in [-0.2, -0.15) is 0 Å². The van der Waals surface area contributed by atoms with Crippen molar-refractivity contribution in [3.63, 3.8) is 0 Å². The van der Waals surface area contributed by atoms with Crippen LogP contribution in [0.15, 0.2) is 48.8 Å². The Hall–Kier alpha value is -2.07. The fourth-order valence-corrected chi connectivity index (χ4v) is 1.52. The van der Waals surface area contributed by atoms with Crippen molar-refractivity contribution in [3.8, 4) is 0 Å². The van der Waals surface area contributed by atoms with Crippen LogP contribution >= 0.6 is 0 Å². The predicted octanol–water partition coefficient (Wildman–Crippen LogP) is 1.81. The van der Waals surface area contributed by atoms with Crippen LogP contribution in [0.5, 0.6) is 0 Å². The Morgan fingerprint density at radius 1 is 1.12 bits per heavy atom. The maximum atomic E-state index is 9.95. The summed E-state index contributed by atoms with van der Waals surface area (Å²) in [7, 11) is 0. The number of nitrogens with one attached hydrogen (secondary N) is 1. The number of pyridine rings is 1. The molecule has 0 amide bonds. The van der Waals surface area contributed by atoms with Crippen LogP contribution in [0.4, 0.5) is 11.4 Å². The summed E-state index contributed by atoms with van der Waals surface area (Å²) in [5, 5.41) is 13.1. The van der Waals surface area contributed by atoms with E-state index in [0.29, 0.717) is 12.2 Å². The van der Waals surface area contributed by atoms with Crippen molar-refractivity contribution in [1.82, 2.24) is 4.98 Å². The molecule has 1 aromatic heterocycles. The third kappa shape index (κ3) is 3.19. The molecule has 1 unspecified atom stereocenters. The summed E-state index contributed by atoms with van der Waals surface area (Å²) in [5.41, 5.74) is 8.07. The van der Waals surface area contributed by atoms with E-state index in [-0.39, 0.29) is 0 Å². The lowest BCUT2D eigenvalue weighted by Gasteiger charge is -2.13. The number of aliphatic hydroxyl groups is 1. The van der Waals surface area contributed by atoms with Crippen LogP contribution in [0.25, 0.3) is 0 Å². The molecule has 0 radical (unpaired) electrons. The third-order valence-corrected chi connectivity index (χ3v) is 2.50. The van der Waals surface area contributed by atoms with E-state index in [9.17, 15) is 5.11 Å². The molecule has 4 heteroatoms. The SMILES string of the molecule is Nc1ccc(C(O)CNc2ccncc2)cc1. The molecule has 2 aromatic rings. The first-order chi connectivity index (χ1) is 8.25. The molecular weight excluding hydrogens is 214 g/mol. The fourth-order valence-electron chi connectivity index (χ4n) is 1.52. The summed E-state index contributed by atoms with van der Waals surface area (Å²) in [4.78, 5) is 3.92. The highest BCUT2D eigenvalue weighted by molar-refractivity contribution is 5.42. The topological polar surface area (TPSA) is 71.2 Å². The van der Waals surface area contributed by atoms with E-state index < -0.39 is 6.10 Å². The molecular formula is C13H15N3O. The number of aromatic nitrogens is 1. The van der Waals surface area contributed by atoms with Crippen molar-refractivity contribution in [2.45, 2.75) is 6.10 Å². The van der Waals surface area contributed by atoms with Crippen molar-refractivity contribution in [2.75, 3.05) is 17.6 Å². The first-order valence-corrected chi connectivity index (χ1v) is 5.43. The summed E-state index contributed by atoms with van der Waals surface area (Å²) in [6.45, 7) is 0.452. The molecule has 1 aromatic carbocycles. The Labute approximate surface area is 100 Å². The molecule has 0 aliphatic carbocycles. The van der Waals surface area contributed by atoms with Gasteiger partial charge in [0.2, 0.25) is 0 Å². The first-order valence-electron chi connectivity index (χ1n) is 5.43. The molecule has 0 spiro atoms. The van der Waals surface area contributed by atoms with Crippen molar-refractivity contribution in [2.24, 2.45) is 0 Å². The highest BCUT2D eigenvalue weighted by Crippen LogP contribution is 2.15. The van der Waals surface area contributed by atoms with Gasteiger partial charge in [0.25, 0.3) is 0 Å². The minimum atomic E-state index is -0.552. The molecule has 0 saturated carbocycles. The molecule has 2 rings (SSSR count). The van der Waals surface area contributed by atoms with Crippen LogP contribution in [0.2, 0.25) is 0 Å². The first kappa shape index (κ1) is 11.4. The Balaban J connectivity index is 1.93. The number of anilines is 2. The van der Waals surface area contributed by atoms with Gasteiger partial charge >= 0.3 is 0 Å². The predicted molar refractivity (Wildman–Crippen MR) is 68.5 cm³/mol. The Morgan fingerprint density at radius 3 is 2.41 bits per heavy atom. The minimum Gasteiger partial charge on any atom is -0.399 e. The zero-order valence-corrected chi connectivity index (χ0v) is 9.38. The lowest BCUT2D eigenvalue weighted by atomic mass is 10.1. The van der Waals surface area contributed by atoms with Gasteiger partial charge in [-0.15, -0.1) is 0 Å². The second-order valence-corrected chi connectivity index (χ2v) is 3.80. The van der Waals surface area contributed by atoms with Crippen LogP contribution in [0, 0.1) is 0 Å². The van der Waals surface area contributed by atoms with E-state index in [4.69, 9.17) is 5.73 Å². The number of nitrogen functional groups attached to an aromatic ring is 1. The summed E-state index contributed by atoms with van der Waals surface area (Å²) < 4.78 is 0. The molecule has 4 nitrogen and oxygen atoms in total. The molecule has 4 N–H and O–H groups in total. The second kappa shape index (κ2) is 5.32. The quantitative estimate of drug-likeness (QED) is 0.699. The molecule has 0 saturated heterocycles. The summed E-state index contributed by atoms with van der Waals surface area (Å²) in [6, 6.07) is 10.9. The molecule has 0 bridgehead atoms. The van der Waals surface area contributed by atoms with Crippen LogP contribution in [-0.4, -0.2) is 16.6 Å². The molecule has 17 heavy (non-hydrogen) atoms. The molecule has 1 heterocycles. The van der Waals surface area contributed by atoms with Gasteiger partial charge in [-0.1, -0.05) is 12.1 Å². The molecule has 0 aliphatic rings. The van der Waals surface area contributed by atoms with E-state index in [1.807, 2.05) is 24.3 Å². The number of hydrogen-bond acceptors (Lipinski definition) is 4. The number of nitrogens with two attached hydrogens (primary N) is 1. The zero-order valence-electron chi connectivity index (χ0n) is 9.38. The number of aliphatic hydroxyl groups excluding tert-OH is 1. The summed E-state index contributed by atoms with van der Waals surface area (Å²) in [5.74, 6) is 0. The van der Waals surface area contributed by atoms with Crippen LogP contribution in [0.3, 0.4) is 0 Å². The Morgan fingerprint density at radius 2 is 1.76 bits per heavy atom. The largest absolute Gasteiger partial charge is 0.399 e. The average Bonchev–Trinajstić information content (AvgIpc) is 2.38. The highest BCUT2D eigenvalue weighted by atomic mass is 16.3. The van der Waals surface area contributed by atoms with E-state index in [1.54, 1.807) is 24.5 Å². The summed E-state index contributed by atoms with van der Waals surface area (Å²) >= 11 is 0. The standard InChI is InChI=1S/C13H15N3O/c14-11-3-1-10(2-4-11)13(17)9-16-12-5-7-15-8-6-12/h1-8,13,17H,9,14H2,(H,15,16). The lowest BCUT2D eigenvalue weighted by Crippen LogP contribution is -2.12. The number of nitrogens with zero attached hydrogens (tertiary/aromatic N) is 1. The van der Waals surface area contributed by atoms with Gasteiger partial charge in [-0.05, 0) is 29.8 Å². The van der Waals surface area contributed by atoms with Crippen molar-refractivity contribution < 1.29 is 5.11 Å². The lowest BCUT2D eigenvalue weighted by molar-refractivity contribution is 0.191. The Kier molecular flexibility index (Phi) is 3.57. The van der Waals surface area contributed by atoms with Gasteiger partial charge in [0.1, 0.15) is 0 Å². The average molecular weight is 229 g/mol. The monoisotopic (exact) mass is 229 g/mol. The summed E-state index contributed by atoms with van der Waals surface area (Å²) in [6.07, 6.45) is 2.86. The smallest absolute Gasteiger partial charge is 0.0962 e. The third-order valence-electron chi connectivity index (χ3n) is 2.50. The number of rotatable bonds is 4. The van der Waals surface area contributed by atoms with Crippen molar-refractivity contribution in [1.29, 1.82) is 0 Å². The van der Waals surface area contributed by atoms with E-state index >= 15 is 0 Å². The van der Waals surface area contributed by atoms with Gasteiger partial charge in [0.15, 0.2) is 0 Å². The van der Waals surface area contributed by atoms with Gasteiger partial charge in [-0.3, -0.25) is 4.98 Å². The highest BCUT2D eigenvalue weighted by Gasteiger charge is 2.06. The molecule has 0 fully saturated rings. The number of benzene rings is 1. The van der Waals surface area contributed by atoms with E-state index in [0.717, 1.165) is 11.3 Å². The molecule has 1 atom stereocenters. The van der Waals surface area contributed by atoms with Crippen LogP contribution in [0.1, 0.15) is 11.7 Å². The van der Waals surface area contributed by atoms with Crippen LogP contribution < -0.4 is 11.1 Å². The number of hydrogen-bond donors (Lipinski definition) is 3. The van der Waals surface area contributed by atoms with E-state index in [2.05, 4.69) is 10.3 Å². The second-order valence-electron chi connectivity index (χ2n) is 3.80. The van der Waals surface area contributed by atoms with Crippen molar-refractivity contribution in [3.05, 3.63) is 54.4 Å². The Bertz CT molecular complexity index is 456. The zero-order chi connectivity index (χ0) is 12.1. The fraction of sp³-hybridized carbons (Fsp3) is 0.154. The van der Waals surface area contributed by atoms with Gasteiger partial charge < -0.3 is 16.2 Å². The van der Waals surface area contributed by atoms with Gasteiger partial charge in [0, 0.05) is 30.3 Å². The maximum Gasteiger partial charge on any atom is 0.0962 e.